The zero-order valence-electron chi connectivity index (χ0n) is 10.8. The van der Waals surface area contributed by atoms with Gasteiger partial charge in [0, 0.05) is 4.75 Å². The van der Waals surface area contributed by atoms with Crippen LogP contribution in [0.2, 0.25) is 0 Å². The maximum atomic E-state index is 11.3. The quantitative estimate of drug-likeness (QED) is 0.760. The summed E-state index contributed by atoms with van der Waals surface area (Å²) in [7, 11) is 0. The van der Waals surface area contributed by atoms with Crippen LogP contribution in [0, 0.1) is 5.41 Å². The fourth-order valence-corrected chi connectivity index (χ4v) is 1.19. The van der Waals surface area contributed by atoms with E-state index < -0.39 is 11.4 Å². The lowest BCUT2D eigenvalue weighted by Gasteiger charge is -2.18. The molecule has 0 aromatic carbocycles. The van der Waals surface area contributed by atoms with Gasteiger partial charge in [-0.05, 0) is 20.8 Å². The Balaban J connectivity index is 3.88. The first-order chi connectivity index (χ1) is 7.02. The number of thioether (sulfide) groups is 1. The molecule has 1 N–H and O–H groups in total. The molecule has 0 unspecified atom stereocenters. The summed E-state index contributed by atoms with van der Waals surface area (Å²) in [6, 6.07) is 0. The van der Waals surface area contributed by atoms with E-state index in [0.717, 1.165) is 0 Å². The summed E-state index contributed by atoms with van der Waals surface area (Å²) in [6.45, 7) is 11.2. The molecule has 0 aliphatic rings. The monoisotopic (exact) mass is 247 g/mol. The topological polar surface area (TPSA) is 55.4 Å². The van der Waals surface area contributed by atoms with Gasteiger partial charge >= 0.3 is 5.97 Å². The average molecular weight is 247 g/mol. The lowest BCUT2D eigenvalue weighted by atomic mass is 9.98. The van der Waals surface area contributed by atoms with Gasteiger partial charge in [0.25, 0.3) is 5.91 Å². The third kappa shape index (κ3) is 7.56. The van der Waals surface area contributed by atoms with Gasteiger partial charge in [-0.3, -0.25) is 4.79 Å². The Labute approximate surface area is 101 Å². The van der Waals surface area contributed by atoms with E-state index in [1.807, 2.05) is 20.8 Å². The van der Waals surface area contributed by atoms with Gasteiger partial charge < -0.3 is 4.84 Å². The molecule has 0 aromatic heterocycles. The maximum absolute atomic E-state index is 11.3. The minimum Gasteiger partial charge on any atom is -0.340 e. The number of rotatable bonds is 2. The van der Waals surface area contributed by atoms with Crippen molar-refractivity contribution in [2.75, 3.05) is 5.75 Å². The zero-order chi connectivity index (χ0) is 13.0. The van der Waals surface area contributed by atoms with Crippen molar-refractivity contribution in [2.45, 2.75) is 46.3 Å². The summed E-state index contributed by atoms with van der Waals surface area (Å²) < 4.78 is 0.0192. The van der Waals surface area contributed by atoms with Crippen LogP contribution >= 0.6 is 11.8 Å². The Morgan fingerprint density at radius 1 is 1.12 bits per heavy atom. The Morgan fingerprint density at radius 3 is 2.00 bits per heavy atom. The van der Waals surface area contributed by atoms with Crippen LogP contribution in [0.25, 0.3) is 0 Å². The second kappa shape index (κ2) is 5.57. The van der Waals surface area contributed by atoms with Crippen molar-refractivity contribution in [1.29, 1.82) is 0 Å². The summed E-state index contributed by atoms with van der Waals surface area (Å²) in [5, 5.41) is 0. The van der Waals surface area contributed by atoms with E-state index in [1.54, 1.807) is 20.8 Å². The molecule has 0 radical (unpaired) electrons. The molecule has 0 atom stereocenters. The van der Waals surface area contributed by atoms with Gasteiger partial charge in [-0.2, -0.15) is 5.48 Å². The first-order valence-corrected chi connectivity index (χ1v) is 6.15. The van der Waals surface area contributed by atoms with Gasteiger partial charge in [-0.1, -0.05) is 20.8 Å². The summed E-state index contributed by atoms with van der Waals surface area (Å²) in [6.07, 6.45) is 0. The summed E-state index contributed by atoms with van der Waals surface area (Å²) in [5.74, 6) is -0.458. The highest BCUT2D eigenvalue weighted by atomic mass is 32.2. The minimum absolute atomic E-state index is 0.0192. The van der Waals surface area contributed by atoms with Crippen LogP contribution in [0.5, 0.6) is 0 Å². The molecule has 0 saturated heterocycles. The molecule has 0 bridgehead atoms. The number of hydrogen-bond donors (Lipinski definition) is 1. The van der Waals surface area contributed by atoms with Crippen LogP contribution in [0.3, 0.4) is 0 Å². The third-order valence-corrected chi connectivity index (χ3v) is 2.78. The van der Waals surface area contributed by atoms with E-state index in [1.165, 1.54) is 11.8 Å². The molecule has 4 nitrogen and oxygen atoms in total. The molecule has 16 heavy (non-hydrogen) atoms. The number of nitrogens with one attached hydrogen (secondary N) is 1. The van der Waals surface area contributed by atoms with Crippen molar-refractivity contribution < 1.29 is 14.4 Å². The standard InChI is InChI=1S/C11H21NO3S/c1-10(2,3)9(14)15-12-8(13)7-16-11(4,5)6/h7H2,1-6H3,(H,12,13). The first-order valence-electron chi connectivity index (χ1n) is 5.16. The first kappa shape index (κ1) is 15.3. The Bertz CT molecular complexity index is 263. The number of hydroxylamine groups is 1. The summed E-state index contributed by atoms with van der Waals surface area (Å²) >= 11 is 1.50. The summed E-state index contributed by atoms with van der Waals surface area (Å²) in [5.41, 5.74) is 1.55. The lowest BCUT2D eigenvalue weighted by Crippen LogP contribution is -2.34. The lowest BCUT2D eigenvalue weighted by molar-refractivity contribution is -0.165. The van der Waals surface area contributed by atoms with Crippen molar-refractivity contribution in [1.82, 2.24) is 5.48 Å². The number of carbonyl (C=O) groups excluding carboxylic acids is 2. The number of amides is 1. The predicted molar refractivity (Wildman–Crippen MR) is 65.9 cm³/mol. The maximum Gasteiger partial charge on any atom is 0.337 e. The largest absolute Gasteiger partial charge is 0.340 e. The van der Waals surface area contributed by atoms with Crippen LogP contribution < -0.4 is 5.48 Å². The average Bonchev–Trinajstić information content (AvgIpc) is 2.08. The minimum atomic E-state index is -0.607. The van der Waals surface area contributed by atoms with Crippen LogP contribution in [0.1, 0.15) is 41.5 Å². The fraction of sp³-hybridized carbons (Fsp3) is 0.818. The molecule has 0 saturated carbocycles. The van der Waals surface area contributed by atoms with Crippen molar-refractivity contribution in [2.24, 2.45) is 5.41 Å². The van der Waals surface area contributed by atoms with Crippen LogP contribution in [-0.4, -0.2) is 22.4 Å². The van der Waals surface area contributed by atoms with Crippen molar-refractivity contribution >= 4 is 23.6 Å². The molecule has 0 aliphatic heterocycles. The Kier molecular flexibility index (Phi) is 5.32. The number of carbonyl (C=O) groups is 2. The molecule has 0 aromatic rings. The molecule has 0 aliphatic carbocycles. The Hall–Kier alpha value is -0.710. The molecule has 0 spiro atoms. The van der Waals surface area contributed by atoms with E-state index >= 15 is 0 Å². The Morgan fingerprint density at radius 2 is 1.62 bits per heavy atom. The SMILES string of the molecule is CC(C)(C)SCC(=O)NOC(=O)C(C)(C)C. The fourth-order valence-electron chi connectivity index (χ4n) is 0.568. The smallest absolute Gasteiger partial charge is 0.337 e. The van der Waals surface area contributed by atoms with E-state index in [0.29, 0.717) is 0 Å². The van der Waals surface area contributed by atoms with Gasteiger partial charge in [0.15, 0.2) is 0 Å². The van der Waals surface area contributed by atoms with E-state index in [9.17, 15) is 9.59 Å². The molecule has 0 fully saturated rings. The van der Waals surface area contributed by atoms with E-state index in [4.69, 9.17) is 0 Å². The van der Waals surface area contributed by atoms with Gasteiger partial charge in [-0.25, -0.2) is 4.79 Å². The van der Waals surface area contributed by atoms with Gasteiger partial charge in [-0.15, -0.1) is 11.8 Å². The predicted octanol–water partition coefficient (Wildman–Crippen LogP) is 2.14. The van der Waals surface area contributed by atoms with Crippen LogP contribution in [0.4, 0.5) is 0 Å². The highest BCUT2D eigenvalue weighted by molar-refractivity contribution is 8.01. The molecule has 0 heterocycles. The van der Waals surface area contributed by atoms with Crippen molar-refractivity contribution in [3.05, 3.63) is 0 Å². The second-order valence-corrected chi connectivity index (χ2v) is 7.37. The zero-order valence-corrected chi connectivity index (χ0v) is 11.7. The molecule has 5 heteroatoms. The number of hydrogen-bond acceptors (Lipinski definition) is 4. The third-order valence-electron chi connectivity index (χ3n) is 1.51. The highest BCUT2D eigenvalue weighted by Gasteiger charge is 2.24. The van der Waals surface area contributed by atoms with E-state index in [-0.39, 0.29) is 16.4 Å². The van der Waals surface area contributed by atoms with Crippen molar-refractivity contribution in [3.8, 4) is 0 Å². The summed E-state index contributed by atoms with van der Waals surface area (Å²) in [4.78, 5) is 27.3. The highest BCUT2D eigenvalue weighted by Crippen LogP contribution is 2.22. The molecular weight excluding hydrogens is 226 g/mol. The van der Waals surface area contributed by atoms with Gasteiger partial charge in [0.2, 0.25) is 0 Å². The van der Waals surface area contributed by atoms with Crippen LogP contribution in [0.15, 0.2) is 0 Å². The van der Waals surface area contributed by atoms with Crippen molar-refractivity contribution in [3.63, 3.8) is 0 Å². The van der Waals surface area contributed by atoms with E-state index in [2.05, 4.69) is 10.3 Å². The van der Waals surface area contributed by atoms with Gasteiger partial charge in [0.05, 0.1) is 11.2 Å². The molecule has 1 amide bonds. The second-order valence-electron chi connectivity index (χ2n) is 5.57. The normalized spacial score (nSPS) is 12.1. The molecule has 94 valence electrons. The van der Waals surface area contributed by atoms with Crippen LogP contribution in [-0.2, 0) is 14.4 Å². The van der Waals surface area contributed by atoms with Gasteiger partial charge in [0.1, 0.15) is 0 Å². The molecular formula is C11H21NO3S. The molecule has 0 rings (SSSR count).